The molecule has 0 aliphatic carbocycles. The van der Waals surface area contributed by atoms with E-state index in [0.717, 1.165) is 9.35 Å². The molecule has 0 saturated heterocycles. The Labute approximate surface area is 113 Å². The largest absolute Gasteiger partial charge is 0.392 e. The molecule has 88 valence electrons. The van der Waals surface area contributed by atoms with E-state index in [9.17, 15) is 4.79 Å². The van der Waals surface area contributed by atoms with Crippen LogP contribution in [0.15, 0.2) is 15.9 Å². The van der Waals surface area contributed by atoms with E-state index in [2.05, 4.69) is 21.2 Å². The lowest BCUT2D eigenvalue weighted by Gasteiger charge is -2.21. The molecule has 0 radical (unpaired) electrons. The number of nitrogens with two attached hydrogens (primary N) is 1. The molecule has 1 rings (SSSR count). The highest BCUT2D eigenvalue weighted by Crippen LogP contribution is 2.23. The molecule has 1 heterocycles. The third-order valence-electron chi connectivity index (χ3n) is 2.28. The van der Waals surface area contributed by atoms with Crippen LogP contribution in [0.3, 0.4) is 0 Å². The second-order valence-electron chi connectivity index (χ2n) is 3.86. The maximum Gasteiger partial charge on any atom is 0.232 e. The molecule has 0 fully saturated rings. The lowest BCUT2D eigenvalue weighted by molar-refractivity contribution is -0.126. The monoisotopic (exact) mass is 320 g/mol. The van der Waals surface area contributed by atoms with Crippen molar-refractivity contribution in [3.63, 3.8) is 0 Å². The lowest BCUT2D eigenvalue weighted by atomic mass is 9.92. The number of hydrogen-bond donors (Lipinski definition) is 2. The molecule has 0 saturated carbocycles. The van der Waals surface area contributed by atoms with Gasteiger partial charge in [0.1, 0.15) is 0 Å². The van der Waals surface area contributed by atoms with Crippen LogP contribution >= 0.6 is 39.5 Å². The Morgan fingerprint density at radius 2 is 2.31 bits per heavy atom. The van der Waals surface area contributed by atoms with E-state index >= 15 is 0 Å². The molecule has 3 nitrogen and oxygen atoms in total. The number of amides is 1. The molecule has 0 aromatic carbocycles. The zero-order valence-electron chi connectivity index (χ0n) is 9.04. The average molecular weight is 321 g/mol. The molecule has 0 atom stereocenters. The van der Waals surface area contributed by atoms with Crippen LogP contribution in [0.1, 0.15) is 18.7 Å². The minimum absolute atomic E-state index is 0.152. The summed E-state index contributed by atoms with van der Waals surface area (Å²) in [5, 5.41) is 4.78. The molecule has 0 spiro atoms. The highest BCUT2D eigenvalue weighted by atomic mass is 79.9. The molecule has 0 bridgehead atoms. The number of thiocarbonyl (C=S) groups is 1. The minimum Gasteiger partial charge on any atom is -0.392 e. The van der Waals surface area contributed by atoms with Crippen LogP contribution < -0.4 is 11.1 Å². The summed E-state index contributed by atoms with van der Waals surface area (Å²) in [6.07, 6.45) is 0. The number of rotatable bonds is 4. The summed E-state index contributed by atoms with van der Waals surface area (Å²) in [5.41, 5.74) is 4.71. The summed E-state index contributed by atoms with van der Waals surface area (Å²) in [5.74, 6) is -0.152. The van der Waals surface area contributed by atoms with Crippen molar-refractivity contribution >= 4 is 50.4 Å². The zero-order valence-corrected chi connectivity index (χ0v) is 12.3. The lowest BCUT2D eigenvalue weighted by Crippen LogP contribution is -2.44. The van der Waals surface area contributed by atoms with Gasteiger partial charge >= 0.3 is 0 Å². The topological polar surface area (TPSA) is 55.1 Å². The first-order valence-corrected chi connectivity index (χ1v) is 6.74. The molecule has 1 aromatic rings. The molecule has 1 aromatic heterocycles. The van der Waals surface area contributed by atoms with E-state index in [1.165, 1.54) is 0 Å². The van der Waals surface area contributed by atoms with Gasteiger partial charge in [-0.2, -0.15) is 0 Å². The highest BCUT2D eigenvalue weighted by Gasteiger charge is 2.30. The molecule has 1 amide bonds. The van der Waals surface area contributed by atoms with E-state index < -0.39 is 5.41 Å². The van der Waals surface area contributed by atoms with Crippen molar-refractivity contribution in [3.8, 4) is 0 Å². The number of thiophene rings is 1. The summed E-state index contributed by atoms with van der Waals surface area (Å²) in [4.78, 5) is 13.1. The Kier molecular flexibility index (Phi) is 4.46. The number of hydrogen-bond acceptors (Lipinski definition) is 3. The van der Waals surface area contributed by atoms with E-state index in [1.807, 2.05) is 11.4 Å². The Balaban J connectivity index is 2.60. The first-order valence-electron chi connectivity index (χ1n) is 4.65. The smallest absolute Gasteiger partial charge is 0.232 e. The van der Waals surface area contributed by atoms with E-state index in [4.69, 9.17) is 18.0 Å². The highest BCUT2D eigenvalue weighted by molar-refractivity contribution is 9.10. The Hall–Kier alpha value is -0.460. The SMILES string of the molecule is CC(C)(C(=O)NCc1sccc1Br)C(N)=S. The van der Waals surface area contributed by atoms with Crippen molar-refractivity contribution in [1.29, 1.82) is 0 Å². The van der Waals surface area contributed by atoms with Gasteiger partial charge in [0.2, 0.25) is 5.91 Å². The second kappa shape index (κ2) is 5.25. The van der Waals surface area contributed by atoms with Crippen LogP contribution in [-0.2, 0) is 11.3 Å². The van der Waals surface area contributed by atoms with Crippen molar-refractivity contribution in [2.24, 2.45) is 11.1 Å². The molecule has 16 heavy (non-hydrogen) atoms. The fourth-order valence-electron chi connectivity index (χ4n) is 0.945. The van der Waals surface area contributed by atoms with E-state index in [-0.39, 0.29) is 10.9 Å². The predicted octanol–water partition coefficient (Wildman–Crippen LogP) is 2.44. The fourth-order valence-corrected chi connectivity index (χ4v) is 2.47. The summed E-state index contributed by atoms with van der Waals surface area (Å²) >= 11 is 9.85. The molecule has 0 aliphatic heterocycles. The van der Waals surface area contributed by atoms with Gasteiger partial charge in [0, 0.05) is 9.35 Å². The standard InChI is InChI=1S/C10H13BrN2OS2/c1-10(2,8(12)15)9(14)13-5-7-6(11)3-4-16-7/h3-4H,5H2,1-2H3,(H2,12,15)(H,13,14). The van der Waals surface area contributed by atoms with Gasteiger partial charge < -0.3 is 11.1 Å². The minimum atomic E-state index is -0.806. The number of halogens is 1. The molecule has 0 unspecified atom stereocenters. The van der Waals surface area contributed by atoms with Crippen LogP contribution in [0, 0.1) is 5.41 Å². The Bertz CT molecular complexity index is 415. The van der Waals surface area contributed by atoms with Crippen LogP contribution in [0.5, 0.6) is 0 Å². The van der Waals surface area contributed by atoms with E-state index in [1.54, 1.807) is 25.2 Å². The fraction of sp³-hybridized carbons (Fsp3) is 0.400. The van der Waals surface area contributed by atoms with Gasteiger partial charge in [-0.15, -0.1) is 11.3 Å². The van der Waals surface area contributed by atoms with Crippen molar-refractivity contribution in [2.75, 3.05) is 0 Å². The van der Waals surface area contributed by atoms with E-state index in [0.29, 0.717) is 6.54 Å². The second-order valence-corrected chi connectivity index (χ2v) is 6.16. The van der Waals surface area contributed by atoms with Gasteiger partial charge in [-0.1, -0.05) is 12.2 Å². The summed E-state index contributed by atoms with van der Waals surface area (Å²) in [6.45, 7) is 3.92. The van der Waals surface area contributed by atoms with Crippen molar-refractivity contribution < 1.29 is 4.79 Å². The van der Waals surface area contributed by atoms with Gasteiger partial charge in [0.05, 0.1) is 16.9 Å². The van der Waals surface area contributed by atoms with Gasteiger partial charge in [0.15, 0.2) is 0 Å². The number of carbonyl (C=O) groups is 1. The molecular formula is C10H13BrN2OS2. The normalized spacial score (nSPS) is 11.2. The maximum atomic E-state index is 11.8. The maximum absolute atomic E-state index is 11.8. The summed E-state index contributed by atoms with van der Waals surface area (Å²) < 4.78 is 1.01. The average Bonchev–Trinajstić information content (AvgIpc) is 2.60. The van der Waals surface area contributed by atoms with Crippen LogP contribution in [0.4, 0.5) is 0 Å². The van der Waals surface area contributed by atoms with Crippen LogP contribution in [0.2, 0.25) is 0 Å². The van der Waals surface area contributed by atoms with Crippen molar-refractivity contribution in [1.82, 2.24) is 5.32 Å². The van der Waals surface area contributed by atoms with Crippen molar-refractivity contribution in [2.45, 2.75) is 20.4 Å². The number of nitrogens with one attached hydrogen (secondary N) is 1. The molecule has 6 heteroatoms. The summed E-state index contributed by atoms with van der Waals surface area (Å²) in [6, 6.07) is 1.95. The predicted molar refractivity (Wildman–Crippen MR) is 74.4 cm³/mol. The molecular weight excluding hydrogens is 308 g/mol. The molecule has 0 aliphatic rings. The van der Waals surface area contributed by atoms with Gasteiger partial charge in [0.25, 0.3) is 0 Å². The first-order chi connectivity index (χ1) is 7.35. The Morgan fingerprint density at radius 1 is 1.69 bits per heavy atom. The third-order valence-corrected chi connectivity index (χ3v) is 4.72. The van der Waals surface area contributed by atoms with Crippen LogP contribution in [0.25, 0.3) is 0 Å². The van der Waals surface area contributed by atoms with Crippen molar-refractivity contribution in [3.05, 3.63) is 20.8 Å². The molecule has 3 N–H and O–H groups in total. The Morgan fingerprint density at radius 3 is 2.75 bits per heavy atom. The number of carbonyl (C=O) groups excluding carboxylic acids is 1. The third kappa shape index (κ3) is 3.02. The van der Waals surface area contributed by atoms with Gasteiger partial charge in [-0.05, 0) is 41.2 Å². The summed E-state index contributed by atoms with van der Waals surface area (Å²) in [7, 11) is 0. The van der Waals surface area contributed by atoms with Gasteiger partial charge in [-0.3, -0.25) is 4.79 Å². The van der Waals surface area contributed by atoms with Gasteiger partial charge in [-0.25, -0.2) is 0 Å². The first kappa shape index (κ1) is 13.6. The quantitative estimate of drug-likeness (QED) is 0.838. The van der Waals surface area contributed by atoms with Crippen LogP contribution in [-0.4, -0.2) is 10.9 Å². The zero-order chi connectivity index (χ0) is 12.3.